The maximum absolute atomic E-state index is 13.0. The highest BCUT2D eigenvalue weighted by Crippen LogP contribution is 2.26. The summed E-state index contributed by atoms with van der Waals surface area (Å²) >= 11 is 0. The number of hydrogen-bond donors (Lipinski definition) is 2. The van der Waals surface area contributed by atoms with Gasteiger partial charge < -0.3 is 20.4 Å². The fourth-order valence-corrected chi connectivity index (χ4v) is 3.20. The molecule has 1 aromatic carbocycles. The molecule has 6 heteroatoms. The fourth-order valence-electron chi connectivity index (χ4n) is 3.20. The molecule has 0 atom stereocenters. The van der Waals surface area contributed by atoms with Crippen LogP contribution in [-0.2, 0) is 11.3 Å². The number of urea groups is 1. The molecule has 3 amide bonds. The number of anilines is 2. The molecular weight excluding hydrogens is 340 g/mol. The third-order valence-corrected chi connectivity index (χ3v) is 4.66. The first-order chi connectivity index (χ1) is 12.9. The van der Waals surface area contributed by atoms with Crippen molar-refractivity contribution < 1.29 is 9.59 Å². The molecule has 0 aliphatic heterocycles. The quantitative estimate of drug-likeness (QED) is 0.647. The number of nitrogens with one attached hydrogen (secondary N) is 2. The zero-order valence-electron chi connectivity index (χ0n) is 17.8. The van der Waals surface area contributed by atoms with Gasteiger partial charge in [-0.1, -0.05) is 20.8 Å². The van der Waals surface area contributed by atoms with Gasteiger partial charge in [0.05, 0.1) is 0 Å². The van der Waals surface area contributed by atoms with Gasteiger partial charge in [0, 0.05) is 51.0 Å². The number of amides is 3. The predicted molar refractivity (Wildman–Crippen MR) is 113 cm³/mol. The Morgan fingerprint density at radius 1 is 1.07 bits per heavy atom. The van der Waals surface area contributed by atoms with Gasteiger partial charge in [-0.3, -0.25) is 4.79 Å². The summed E-state index contributed by atoms with van der Waals surface area (Å²) in [5.74, 6) is 0.282. The van der Waals surface area contributed by atoms with Crippen LogP contribution in [0.5, 0.6) is 0 Å². The SMILES string of the molecule is CCCN(Cc1cc(NC(=O)NCC)ccc1N(C)C)C(=O)C(CC)CC. The Kier molecular flexibility index (Phi) is 9.68. The minimum absolute atomic E-state index is 0.0657. The molecule has 0 radical (unpaired) electrons. The largest absolute Gasteiger partial charge is 0.377 e. The van der Waals surface area contributed by atoms with Crippen LogP contribution in [0.4, 0.5) is 16.2 Å². The number of hydrogen-bond acceptors (Lipinski definition) is 3. The average Bonchev–Trinajstić information content (AvgIpc) is 2.62. The van der Waals surface area contributed by atoms with Gasteiger partial charge in [-0.15, -0.1) is 0 Å². The molecule has 0 saturated heterocycles. The van der Waals surface area contributed by atoms with E-state index in [0.717, 1.165) is 42.7 Å². The first-order valence-corrected chi connectivity index (χ1v) is 10.0. The molecule has 1 aromatic rings. The van der Waals surface area contributed by atoms with E-state index in [1.807, 2.05) is 49.0 Å². The Morgan fingerprint density at radius 2 is 1.74 bits per heavy atom. The minimum Gasteiger partial charge on any atom is -0.377 e. The van der Waals surface area contributed by atoms with Crippen LogP contribution in [0.3, 0.4) is 0 Å². The van der Waals surface area contributed by atoms with Gasteiger partial charge in [0.25, 0.3) is 0 Å². The van der Waals surface area contributed by atoms with Crippen molar-refractivity contribution in [2.24, 2.45) is 5.92 Å². The second kappa shape index (κ2) is 11.5. The summed E-state index contributed by atoms with van der Waals surface area (Å²) < 4.78 is 0. The van der Waals surface area contributed by atoms with Crippen molar-refractivity contribution in [2.45, 2.75) is 53.5 Å². The molecule has 0 aliphatic carbocycles. The number of carbonyl (C=O) groups excluding carboxylic acids is 2. The van der Waals surface area contributed by atoms with Crippen LogP contribution in [0.15, 0.2) is 18.2 Å². The van der Waals surface area contributed by atoms with Gasteiger partial charge in [-0.25, -0.2) is 4.79 Å². The maximum Gasteiger partial charge on any atom is 0.319 e. The highest BCUT2D eigenvalue weighted by Gasteiger charge is 2.22. The van der Waals surface area contributed by atoms with Gasteiger partial charge in [-0.2, -0.15) is 0 Å². The Morgan fingerprint density at radius 3 is 2.26 bits per heavy atom. The Labute approximate surface area is 164 Å². The summed E-state index contributed by atoms with van der Waals surface area (Å²) in [7, 11) is 3.98. The van der Waals surface area contributed by atoms with Crippen molar-refractivity contribution in [3.8, 4) is 0 Å². The number of benzene rings is 1. The van der Waals surface area contributed by atoms with Crippen LogP contribution in [0.25, 0.3) is 0 Å². The van der Waals surface area contributed by atoms with Crippen LogP contribution in [0.1, 0.15) is 52.5 Å². The molecule has 152 valence electrons. The van der Waals surface area contributed by atoms with E-state index >= 15 is 0 Å². The van der Waals surface area contributed by atoms with Gasteiger partial charge in [-0.05, 0) is 49.9 Å². The molecule has 6 nitrogen and oxygen atoms in total. The normalized spacial score (nSPS) is 10.6. The average molecular weight is 377 g/mol. The van der Waals surface area contributed by atoms with E-state index in [-0.39, 0.29) is 17.9 Å². The van der Waals surface area contributed by atoms with Crippen molar-refractivity contribution in [3.05, 3.63) is 23.8 Å². The number of nitrogens with zero attached hydrogens (tertiary/aromatic N) is 2. The van der Waals surface area contributed by atoms with Crippen LogP contribution in [0, 0.1) is 5.92 Å². The maximum atomic E-state index is 13.0. The van der Waals surface area contributed by atoms with E-state index in [9.17, 15) is 9.59 Å². The Bertz CT molecular complexity index is 612. The molecule has 1 rings (SSSR count). The topological polar surface area (TPSA) is 64.7 Å². The smallest absolute Gasteiger partial charge is 0.319 e. The van der Waals surface area contributed by atoms with Gasteiger partial charge in [0.1, 0.15) is 0 Å². The van der Waals surface area contributed by atoms with E-state index in [1.54, 1.807) is 0 Å². The van der Waals surface area contributed by atoms with Gasteiger partial charge in [0.15, 0.2) is 0 Å². The lowest BCUT2D eigenvalue weighted by atomic mass is 10.0. The molecule has 2 N–H and O–H groups in total. The molecule has 0 unspecified atom stereocenters. The van der Waals surface area contributed by atoms with E-state index in [0.29, 0.717) is 13.1 Å². The van der Waals surface area contributed by atoms with Crippen molar-refractivity contribution in [3.63, 3.8) is 0 Å². The summed E-state index contributed by atoms with van der Waals surface area (Å²) in [6.07, 6.45) is 2.63. The summed E-state index contributed by atoms with van der Waals surface area (Å²) in [4.78, 5) is 28.8. The lowest BCUT2D eigenvalue weighted by Gasteiger charge is -2.28. The summed E-state index contributed by atoms with van der Waals surface area (Å²) in [5.41, 5.74) is 2.81. The van der Waals surface area contributed by atoms with E-state index in [4.69, 9.17) is 0 Å². The van der Waals surface area contributed by atoms with Crippen LogP contribution in [-0.4, -0.2) is 44.0 Å². The monoisotopic (exact) mass is 376 g/mol. The Hall–Kier alpha value is -2.24. The van der Waals surface area contributed by atoms with E-state index in [1.165, 1.54) is 0 Å². The van der Waals surface area contributed by atoms with Crippen molar-refractivity contribution in [1.82, 2.24) is 10.2 Å². The summed E-state index contributed by atoms with van der Waals surface area (Å²) in [6, 6.07) is 5.62. The lowest BCUT2D eigenvalue weighted by molar-refractivity contribution is -0.136. The molecule has 0 aliphatic rings. The van der Waals surface area contributed by atoms with Crippen molar-refractivity contribution in [1.29, 1.82) is 0 Å². The molecular formula is C21H36N4O2. The zero-order valence-corrected chi connectivity index (χ0v) is 17.8. The minimum atomic E-state index is -0.223. The molecule has 27 heavy (non-hydrogen) atoms. The van der Waals surface area contributed by atoms with E-state index < -0.39 is 0 Å². The summed E-state index contributed by atoms with van der Waals surface area (Å²) in [5, 5.41) is 5.59. The fraction of sp³-hybridized carbons (Fsp3) is 0.619. The van der Waals surface area contributed by atoms with Crippen molar-refractivity contribution in [2.75, 3.05) is 37.4 Å². The van der Waals surface area contributed by atoms with E-state index in [2.05, 4.69) is 31.4 Å². The second-order valence-electron chi connectivity index (χ2n) is 7.00. The van der Waals surface area contributed by atoms with Gasteiger partial charge in [0.2, 0.25) is 5.91 Å². The summed E-state index contributed by atoms with van der Waals surface area (Å²) in [6.45, 7) is 9.95. The first kappa shape index (κ1) is 22.8. The molecule has 0 spiro atoms. The standard InChI is InChI=1S/C21H36N4O2/c1-7-13-25(20(26)16(8-2)9-3)15-17-14-18(23-21(27)22-10-4)11-12-19(17)24(5)6/h11-12,14,16H,7-10,13,15H2,1-6H3,(H2,22,23,27). The van der Waals surface area contributed by atoms with Crippen LogP contribution >= 0.6 is 0 Å². The molecule has 0 aromatic heterocycles. The number of rotatable bonds is 10. The molecule has 0 saturated carbocycles. The first-order valence-electron chi connectivity index (χ1n) is 10.0. The Balaban J connectivity index is 3.14. The molecule has 0 fully saturated rings. The molecule has 0 heterocycles. The lowest BCUT2D eigenvalue weighted by Crippen LogP contribution is -2.36. The van der Waals surface area contributed by atoms with Crippen LogP contribution < -0.4 is 15.5 Å². The van der Waals surface area contributed by atoms with Gasteiger partial charge >= 0.3 is 6.03 Å². The number of carbonyl (C=O) groups is 2. The molecule has 0 bridgehead atoms. The van der Waals surface area contributed by atoms with Crippen LogP contribution in [0.2, 0.25) is 0 Å². The van der Waals surface area contributed by atoms with Crippen molar-refractivity contribution >= 4 is 23.3 Å². The third-order valence-electron chi connectivity index (χ3n) is 4.66. The second-order valence-corrected chi connectivity index (χ2v) is 7.00. The predicted octanol–water partition coefficient (Wildman–Crippen LogP) is 4.07. The zero-order chi connectivity index (χ0) is 20.4. The highest BCUT2D eigenvalue weighted by atomic mass is 16.2. The highest BCUT2D eigenvalue weighted by molar-refractivity contribution is 5.89. The third kappa shape index (κ3) is 6.77.